The van der Waals surface area contributed by atoms with Crippen molar-refractivity contribution >= 4 is 11.3 Å². The first-order valence-corrected chi connectivity index (χ1v) is 9.78. The number of pyridine rings is 1. The molecule has 1 aromatic carbocycles. The molecule has 3 heterocycles. The van der Waals surface area contributed by atoms with Crippen LogP contribution in [0.1, 0.15) is 30.1 Å². The number of nitro benzene ring substituents is 1. The van der Waals surface area contributed by atoms with Crippen LogP contribution >= 0.6 is 0 Å². The Morgan fingerprint density at radius 3 is 2.68 bits per heavy atom. The van der Waals surface area contributed by atoms with Crippen LogP contribution in [0.25, 0.3) is 5.65 Å². The lowest BCUT2D eigenvalue weighted by molar-refractivity contribution is -0.385. The molecular formula is C20H21F2N5O4. The first-order chi connectivity index (χ1) is 15.0. The summed E-state index contributed by atoms with van der Waals surface area (Å²) in [5, 5.41) is 20.1. The molecule has 3 aromatic rings. The Balaban J connectivity index is 1.49. The second-order valence-corrected chi connectivity index (χ2v) is 7.30. The molecule has 0 radical (unpaired) electrons. The average Bonchev–Trinajstić information content (AvgIpc) is 3.18. The Labute approximate surface area is 176 Å². The van der Waals surface area contributed by atoms with Crippen molar-refractivity contribution in [3.05, 3.63) is 58.0 Å². The summed E-state index contributed by atoms with van der Waals surface area (Å²) in [5.41, 5.74) is 0.908. The van der Waals surface area contributed by atoms with Crippen molar-refractivity contribution in [2.45, 2.75) is 31.9 Å². The van der Waals surface area contributed by atoms with E-state index in [2.05, 4.69) is 19.8 Å². The van der Waals surface area contributed by atoms with E-state index in [0.29, 0.717) is 25.2 Å². The highest BCUT2D eigenvalue weighted by Gasteiger charge is 2.27. The summed E-state index contributed by atoms with van der Waals surface area (Å²) in [6, 6.07) is 8.14. The van der Waals surface area contributed by atoms with E-state index in [-0.39, 0.29) is 23.1 Å². The Morgan fingerprint density at radius 1 is 1.23 bits per heavy atom. The number of fused-ring (bicyclic) bond motifs is 1. The third kappa shape index (κ3) is 4.41. The number of likely N-dealkylation sites (tertiary alicyclic amines) is 1. The molecule has 0 aliphatic carbocycles. The molecule has 164 valence electrons. The lowest BCUT2D eigenvalue weighted by atomic mass is 9.95. The van der Waals surface area contributed by atoms with E-state index in [0.717, 1.165) is 30.4 Å². The average molecular weight is 433 g/mol. The molecule has 11 heteroatoms. The van der Waals surface area contributed by atoms with Crippen LogP contribution in [-0.4, -0.2) is 51.2 Å². The molecule has 31 heavy (non-hydrogen) atoms. The van der Waals surface area contributed by atoms with Gasteiger partial charge in [-0.05, 0) is 44.1 Å². The Kier molecular flexibility index (Phi) is 5.94. The molecule has 1 saturated heterocycles. The molecule has 4 rings (SSSR count). The highest BCUT2D eigenvalue weighted by atomic mass is 19.3. The van der Waals surface area contributed by atoms with Gasteiger partial charge < -0.3 is 9.47 Å². The van der Waals surface area contributed by atoms with Crippen LogP contribution in [0.3, 0.4) is 0 Å². The monoisotopic (exact) mass is 433 g/mol. The van der Waals surface area contributed by atoms with Crippen molar-refractivity contribution in [3.63, 3.8) is 0 Å². The number of piperidine rings is 1. The summed E-state index contributed by atoms with van der Waals surface area (Å²) >= 11 is 0. The standard InChI is InChI=1S/C20H21F2N5O4/c1-30-16-10-14(15(27(28)29)11-17(16)31-20(21)22)12-25-8-5-13(6-9-25)19-24-23-18-4-2-3-7-26(18)19/h2-4,7,10-11,13,20H,5-6,8-9,12H2,1H3. The van der Waals surface area contributed by atoms with E-state index in [1.54, 1.807) is 0 Å². The van der Waals surface area contributed by atoms with Gasteiger partial charge in [-0.2, -0.15) is 8.78 Å². The molecule has 0 amide bonds. The maximum absolute atomic E-state index is 12.6. The van der Waals surface area contributed by atoms with Gasteiger partial charge in [-0.3, -0.25) is 19.4 Å². The zero-order chi connectivity index (χ0) is 22.0. The third-order valence-electron chi connectivity index (χ3n) is 5.46. The number of nitro groups is 1. The summed E-state index contributed by atoms with van der Waals surface area (Å²) in [4.78, 5) is 13.0. The second kappa shape index (κ2) is 8.80. The first kappa shape index (κ1) is 20.9. The SMILES string of the molecule is COc1cc(CN2CCC(c3nnc4ccccn34)CC2)c([N+](=O)[O-])cc1OC(F)F. The van der Waals surface area contributed by atoms with Gasteiger partial charge in [0.1, 0.15) is 5.82 Å². The van der Waals surface area contributed by atoms with Crippen LogP contribution in [0.4, 0.5) is 14.5 Å². The molecule has 0 spiro atoms. The van der Waals surface area contributed by atoms with E-state index in [1.165, 1.54) is 13.2 Å². The summed E-state index contributed by atoms with van der Waals surface area (Å²) in [6.45, 7) is -1.39. The molecule has 1 aliphatic rings. The van der Waals surface area contributed by atoms with Gasteiger partial charge in [0.2, 0.25) is 0 Å². The lowest BCUT2D eigenvalue weighted by Gasteiger charge is -2.31. The van der Waals surface area contributed by atoms with Gasteiger partial charge >= 0.3 is 6.61 Å². The zero-order valence-electron chi connectivity index (χ0n) is 16.8. The van der Waals surface area contributed by atoms with Gasteiger partial charge in [-0.15, -0.1) is 10.2 Å². The van der Waals surface area contributed by atoms with Crippen molar-refractivity contribution in [2.75, 3.05) is 20.2 Å². The fraction of sp³-hybridized carbons (Fsp3) is 0.400. The molecule has 1 fully saturated rings. The molecular weight excluding hydrogens is 412 g/mol. The Hall–Kier alpha value is -3.34. The Morgan fingerprint density at radius 2 is 2.00 bits per heavy atom. The molecule has 0 unspecified atom stereocenters. The number of rotatable bonds is 7. The van der Waals surface area contributed by atoms with Gasteiger partial charge in [0.05, 0.1) is 18.1 Å². The van der Waals surface area contributed by atoms with Gasteiger partial charge in [-0.1, -0.05) is 6.07 Å². The van der Waals surface area contributed by atoms with Crippen LogP contribution in [0.15, 0.2) is 36.5 Å². The van der Waals surface area contributed by atoms with Gasteiger partial charge in [0, 0.05) is 24.2 Å². The van der Waals surface area contributed by atoms with Crippen molar-refractivity contribution in [1.29, 1.82) is 0 Å². The lowest BCUT2D eigenvalue weighted by Crippen LogP contribution is -2.33. The number of aromatic nitrogens is 3. The highest BCUT2D eigenvalue weighted by Crippen LogP contribution is 2.37. The molecule has 2 aromatic heterocycles. The van der Waals surface area contributed by atoms with Crippen LogP contribution in [0.5, 0.6) is 11.5 Å². The van der Waals surface area contributed by atoms with Crippen LogP contribution in [-0.2, 0) is 6.54 Å². The fourth-order valence-corrected chi connectivity index (χ4v) is 3.96. The normalized spacial score (nSPS) is 15.5. The maximum Gasteiger partial charge on any atom is 0.387 e. The Bertz CT molecular complexity index is 1080. The number of alkyl halides is 2. The summed E-state index contributed by atoms with van der Waals surface area (Å²) in [6.07, 6.45) is 3.59. The molecule has 0 atom stereocenters. The number of hydrogen-bond donors (Lipinski definition) is 0. The van der Waals surface area contributed by atoms with Crippen LogP contribution in [0.2, 0.25) is 0 Å². The van der Waals surface area contributed by atoms with Crippen molar-refractivity contribution in [3.8, 4) is 11.5 Å². The summed E-state index contributed by atoms with van der Waals surface area (Å²) < 4.78 is 36.7. The predicted octanol–water partition coefficient (Wildman–Crippen LogP) is 3.63. The van der Waals surface area contributed by atoms with Crippen molar-refractivity contribution < 1.29 is 23.2 Å². The predicted molar refractivity (Wildman–Crippen MR) is 107 cm³/mol. The minimum atomic E-state index is -3.10. The highest BCUT2D eigenvalue weighted by molar-refractivity contribution is 5.54. The largest absolute Gasteiger partial charge is 0.493 e. The number of halogens is 2. The molecule has 0 bridgehead atoms. The zero-order valence-corrected chi connectivity index (χ0v) is 16.8. The van der Waals surface area contributed by atoms with E-state index in [4.69, 9.17) is 4.74 Å². The number of ether oxygens (including phenoxy) is 2. The molecule has 0 N–H and O–H groups in total. The van der Waals surface area contributed by atoms with Crippen LogP contribution in [0, 0.1) is 10.1 Å². The third-order valence-corrected chi connectivity index (χ3v) is 5.46. The van der Waals surface area contributed by atoms with Gasteiger partial charge in [0.15, 0.2) is 17.1 Å². The van der Waals surface area contributed by atoms with Gasteiger partial charge in [0.25, 0.3) is 5.69 Å². The van der Waals surface area contributed by atoms with Crippen molar-refractivity contribution in [2.24, 2.45) is 0 Å². The molecule has 1 aliphatic heterocycles. The second-order valence-electron chi connectivity index (χ2n) is 7.30. The van der Waals surface area contributed by atoms with E-state index in [9.17, 15) is 18.9 Å². The number of benzene rings is 1. The maximum atomic E-state index is 12.6. The fourth-order valence-electron chi connectivity index (χ4n) is 3.96. The summed E-state index contributed by atoms with van der Waals surface area (Å²) in [5.74, 6) is 0.826. The summed E-state index contributed by atoms with van der Waals surface area (Å²) in [7, 11) is 1.30. The quantitative estimate of drug-likeness (QED) is 0.415. The molecule has 9 nitrogen and oxygen atoms in total. The van der Waals surface area contributed by atoms with E-state index >= 15 is 0 Å². The van der Waals surface area contributed by atoms with Gasteiger partial charge in [-0.25, -0.2) is 0 Å². The number of methoxy groups -OCH3 is 1. The molecule has 0 saturated carbocycles. The topological polar surface area (TPSA) is 95.0 Å². The van der Waals surface area contributed by atoms with Crippen molar-refractivity contribution in [1.82, 2.24) is 19.5 Å². The van der Waals surface area contributed by atoms with E-state index < -0.39 is 11.5 Å². The first-order valence-electron chi connectivity index (χ1n) is 9.78. The smallest absolute Gasteiger partial charge is 0.387 e. The van der Waals surface area contributed by atoms with Crippen LogP contribution < -0.4 is 9.47 Å². The minimum absolute atomic E-state index is 0.0331. The number of nitrogens with zero attached hydrogens (tertiary/aromatic N) is 5. The van der Waals surface area contributed by atoms with E-state index in [1.807, 2.05) is 28.8 Å². The minimum Gasteiger partial charge on any atom is -0.493 e. The number of hydrogen-bond acceptors (Lipinski definition) is 7.